The predicted molar refractivity (Wildman–Crippen MR) is 83.9 cm³/mol. The van der Waals surface area contributed by atoms with Gasteiger partial charge in [0.15, 0.2) is 5.69 Å². The molecule has 2 aliphatic rings. The molecule has 0 aromatic carbocycles. The van der Waals surface area contributed by atoms with Crippen LogP contribution in [-0.4, -0.2) is 75.4 Å². The van der Waals surface area contributed by atoms with Gasteiger partial charge in [-0.2, -0.15) is 0 Å². The van der Waals surface area contributed by atoms with E-state index in [-0.39, 0.29) is 17.9 Å². The lowest BCUT2D eigenvalue weighted by Gasteiger charge is -2.44. The number of piperidine rings is 1. The van der Waals surface area contributed by atoms with Crippen LogP contribution < -0.4 is 5.32 Å². The zero-order chi connectivity index (χ0) is 16.6. The number of nitrogens with one attached hydrogen (secondary N) is 1. The summed E-state index contributed by atoms with van der Waals surface area (Å²) in [6.07, 6.45) is 3.83. The standard InChI is InChI=1S/C15H24N6O2/c1-15(2)14(23)19(3)7-8-20(15)13(22)12-10-21(18-17-12)11-5-4-6-16-9-11/h10-11,16H,4-9H2,1-3H3. The molecule has 3 heterocycles. The van der Waals surface area contributed by atoms with Crippen molar-refractivity contribution in [2.45, 2.75) is 38.3 Å². The Hall–Kier alpha value is -1.96. The molecule has 126 valence electrons. The first kappa shape index (κ1) is 15.9. The second-order valence-electron chi connectivity index (χ2n) is 6.83. The molecule has 8 heteroatoms. The lowest BCUT2D eigenvalue weighted by molar-refractivity contribution is -0.144. The van der Waals surface area contributed by atoms with Crippen LogP contribution in [0, 0.1) is 0 Å². The third-order valence-corrected chi connectivity index (χ3v) is 4.82. The van der Waals surface area contributed by atoms with E-state index in [9.17, 15) is 9.59 Å². The Morgan fingerprint density at radius 1 is 1.39 bits per heavy atom. The van der Waals surface area contributed by atoms with Crippen molar-refractivity contribution in [2.75, 3.05) is 33.2 Å². The molecule has 0 bridgehead atoms. The van der Waals surface area contributed by atoms with Gasteiger partial charge in [0.05, 0.1) is 12.2 Å². The molecule has 2 fully saturated rings. The molecule has 3 rings (SSSR count). The van der Waals surface area contributed by atoms with Gasteiger partial charge in [-0.3, -0.25) is 9.59 Å². The van der Waals surface area contributed by atoms with Crippen molar-refractivity contribution in [1.29, 1.82) is 0 Å². The summed E-state index contributed by atoms with van der Waals surface area (Å²) in [5, 5.41) is 11.5. The fourth-order valence-corrected chi connectivity index (χ4v) is 3.32. The van der Waals surface area contributed by atoms with Crippen LogP contribution in [0.15, 0.2) is 6.20 Å². The molecule has 2 amide bonds. The van der Waals surface area contributed by atoms with E-state index in [1.165, 1.54) is 0 Å². The van der Waals surface area contributed by atoms with E-state index in [1.807, 2.05) is 0 Å². The minimum Gasteiger partial charge on any atom is -0.342 e. The highest BCUT2D eigenvalue weighted by atomic mass is 16.2. The summed E-state index contributed by atoms with van der Waals surface area (Å²) in [6.45, 7) is 6.46. The predicted octanol–water partition coefficient (Wildman–Crippen LogP) is -0.105. The highest BCUT2D eigenvalue weighted by molar-refractivity contribution is 5.98. The van der Waals surface area contributed by atoms with Crippen molar-refractivity contribution in [1.82, 2.24) is 30.1 Å². The quantitative estimate of drug-likeness (QED) is 0.822. The Morgan fingerprint density at radius 2 is 2.17 bits per heavy atom. The van der Waals surface area contributed by atoms with Gasteiger partial charge in [-0.15, -0.1) is 5.10 Å². The number of piperazine rings is 1. The van der Waals surface area contributed by atoms with Crippen molar-refractivity contribution >= 4 is 11.8 Å². The number of hydrogen-bond acceptors (Lipinski definition) is 5. The molecule has 1 atom stereocenters. The van der Waals surface area contributed by atoms with Crippen molar-refractivity contribution in [3.05, 3.63) is 11.9 Å². The highest BCUT2D eigenvalue weighted by Crippen LogP contribution is 2.24. The number of rotatable bonds is 2. The normalized spacial score (nSPS) is 24.8. The first-order chi connectivity index (χ1) is 10.9. The van der Waals surface area contributed by atoms with Gasteiger partial charge in [0.25, 0.3) is 5.91 Å². The number of aromatic nitrogens is 3. The number of carbonyl (C=O) groups is 2. The van der Waals surface area contributed by atoms with Gasteiger partial charge in [-0.05, 0) is 33.2 Å². The van der Waals surface area contributed by atoms with Crippen molar-refractivity contribution in [3.8, 4) is 0 Å². The lowest BCUT2D eigenvalue weighted by atomic mass is 9.97. The summed E-state index contributed by atoms with van der Waals surface area (Å²) in [5.41, 5.74) is -0.554. The Morgan fingerprint density at radius 3 is 2.87 bits per heavy atom. The molecule has 0 saturated carbocycles. The van der Waals surface area contributed by atoms with Crippen LogP contribution in [0.2, 0.25) is 0 Å². The van der Waals surface area contributed by atoms with E-state index in [1.54, 1.807) is 41.6 Å². The van der Waals surface area contributed by atoms with Gasteiger partial charge >= 0.3 is 0 Å². The van der Waals surface area contributed by atoms with Gasteiger partial charge in [-0.1, -0.05) is 5.21 Å². The van der Waals surface area contributed by atoms with Crippen LogP contribution in [0.4, 0.5) is 0 Å². The molecule has 1 N–H and O–H groups in total. The summed E-state index contributed by atoms with van der Waals surface area (Å²) < 4.78 is 1.77. The van der Waals surface area contributed by atoms with Crippen LogP contribution in [0.1, 0.15) is 43.2 Å². The van der Waals surface area contributed by atoms with E-state index >= 15 is 0 Å². The minimum atomic E-state index is -0.861. The summed E-state index contributed by atoms with van der Waals surface area (Å²) in [5.74, 6) is -0.285. The SMILES string of the molecule is CN1CCN(C(=O)c2cn(C3CCCNC3)nn2)C(C)(C)C1=O. The highest BCUT2D eigenvalue weighted by Gasteiger charge is 2.43. The fourth-order valence-electron chi connectivity index (χ4n) is 3.32. The zero-order valence-corrected chi connectivity index (χ0v) is 13.9. The van der Waals surface area contributed by atoms with E-state index in [2.05, 4.69) is 15.6 Å². The van der Waals surface area contributed by atoms with Crippen LogP contribution >= 0.6 is 0 Å². The lowest BCUT2D eigenvalue weighted by Crippen LogP contribution is -2.63. The van der Waals surface area contributed by atoms with E-state index in [0.717, 1.165) is 25.9 Å². The second kappa shape index (κ2) is 5.92. The number of likely N-dealkylation sites (N-methyl/N-ethyl adjacent to an activating group) is 1. The molecular formula is C15H24N6O2. The van der Waals surface area contributed by atoms with Gasteiger partial charge in [0, 0.05) is 26.7 Å². The van der Waals surface area contributed by atoms with E-state index in [4.69, 9.17) is 0 Å². The van der Waals surface area contributed by atoms with Crippen LogP contribution in [0.3, 0.4) is 0 Å². The third kappa shape index (κ3) is 2.83. The number of carbonyl (C=O) groups excluding carboxylic acids is 2. The van der Waals surface area contributed by atoms with E-state index in [0.29, 0.717) is 18.8 Å². The maximum Gasteiger partial charge on any atom is 0.276 e. The molecule has 1 unspecified atom stereocenters. The van der Waals surface area contributed by atoms with Gasteiger partial charge in [0.2, 0.25) is 5.91 Å². The smallest absolute Gasteiger partial charge is 0.276 e. The zero-order valence-electron chi connectivity index (χ0n) is 13.9. The Labute approximate surface area is 135 Å². The molecule has 8 nitrogen and oxygen atoms in total. The van der Waals surface area contributed by atoms with Gasteiger partial charge < -0.3 is 15.1 Å². The molecule has 2 saturated heterocycles. The number of amides is 2. The minimum absolute atomic E-state index is 0.0547. The third-order valence-electron chi connectivity index (χ3n) is 4.82. The maximum atomic E-state index is 12.8. The molecule has 1 aromatic heterocycles. The molecule has 0 spiro atoms. The molecule has 0 aliphatic carbocycles. The molecule has 23 heavy (non-hydrogen) atoms. The molecule has 2 aliphatic heterocycles. The molecule has 0 radical (unpaired) electrons. The first-order valence-corrected chi connectivity index (χ1v) is 8.11. The van der Waals surface area contributed by atoms with Gasteiger partial charge in [0.1, 0.15) is 5.54 Å². The van der Waals surface area contributed by atoms with E-state index < -0.39 is 5.54 Å². The second-order valence-corrected chi connectivity index (χ2v) is 6.83. The Bertz CT molecular complexity index is 605. The van der Waals surface area contributed by atoms with Gasteiger partial charge in [-0.25, -0.2) is 4.68 Å². The average Bonchev–Trinajstić information content (AvgIpc) is 3.03. The number of hydrogen-bond donors (Lipinski definition) is 1. The van der Waals surface area contributed by atoms with Crippen LogP contribution in [0.25, 0.3) is 0 Å². The summed E-state index contributed by atoms with van der Waals surface area (Å²) in [7, 11) is 1.76. The topological polar surface area (TPSA) is 83.4 Å². The monoisotopic (exact) mass is 320 g/mol. The summed E-state index contributed by atoms with van der Waals surface area (Å²) in [6, 6.07) is 0.236. The fraction of sp³-hybridized carbons (Fsp3) is 0.733. The summed E-state index contributed by atoms with van der Waals surface area (Å²) >= 11 is 0. The summed E-state index contributed by atoms with van der Waals surface area (Å²) in [4.78, 5) is 28.4. The first-order valence-electron chi connectivity index (χ1n) is 8.11. The van der Waals surface area contributed by atoms with Crippen LogP contribution in [-0.2, 0) is 4.79 Å². The van der Waals surface area contributed by atoms with Crippen molar-refractivity contribution < 1.29 is 9.59 Å². The number of nitrogens with zero attached hydrogens (tertiary/aromatic N) is 5. The molecular weight excluding hydrogens is 296 g/mol. The largest absolute Gasteiger partial charge is 0.342 e. The Kier molecular flexibility index (Phi) is 4.09. The van der Waals surface area contributed by atoms with Crippen molar-refractivity contribution in [3.63, 3.8) is 0 Å². The Balaban J connectivity index is 1.78. The maximum absolute atomic E-state index is 12.8. The van der Waals surface area contributed by atoms with Crippen molar-refractivity contribution in [2.24, 2.45) is 0 Å². The molecule has 1 aromatic rings. The van der Waals surface area contributed by atoms with Crippen LogP contribution in [0.5, 0.6) is 0 Å². The average molecular weight is 320 g/mol.